The van der Waals surface area contributed by atoms with E-state index in [1.807, 2.05) is 0 Å². The van der Waals surface area contributed by atoms with E-state index in [2.05, 4.69) is 31.9 Å². The minimum Gasteiger partial charge on any atom is -0.294 e. The summed E-state index contributed by atoms with van der Waals surface area (Å²) in [7, 11) is 0. The van der Waals surface area contributed by atoms with Crippen molar-refractivity contribution in [1.29, 1.82) is 0 Å². The van der Waals surface area contributed by atoms with Crippen molar-refractivity contribution in [2.75, 3.05) is 5.33 Å². The van der Waals surface area contributed by atoms with Gasteiger partial charge in [0.25, 0.3) is 0 Å². The highest BCUT2D eigenvalue weighted by Gasteiger charge is 2.08. The van der Waals surface area contributed by atoms with Crippen LogP contribution in [0.2, 0.25) is 0 Å². The number of hydrogen-bond donors (Lipinski definition) is 0. The number of halogens is 3. The van der Waals surface area contributed by atoms with Gasteiger partial charge in [0.1, 0.15) is 5.82 Å². The van der Waals surface area contributed by atoms with Gasteiger partial charge in [0.15, 0.2) is 5.78 Å². The number of ketones is 1. The van der Waals surface area contributed by atoms with Crippen LogP contribution in [0.25, 0.3) is 0 Å². The van der Waals surface area contributed by atoms with Crippen molar-refractivity contribution < 1.29 is 9.18 Å². The summed E-state index contributed by atoms with van der Waals surface area (Å²) in [5.74, 6) is -0.371. The molecule has 0 spiro atoms. The van der Waals surface area contributed by atoms with Gasteiger partial charge in [-0.2, -0.15) is 0 Å². The van der Waals surface area contributed by atoms with Crippen LogP contribution < -0.4 is 0 Å². The first-order chi connectivity index (χ1) is 6.69. The van der Waals surface area contributed by atoms with Gasteiger partial charge in [-0.3, -0.25) is 4.79 Å². The van der Waals surface area contributed by atoms with Crippen LogP contribution in [0.1, 0.15) is 22.3 Å². The number of hydrogen-bond acceptors (Lipinski definition) is 1. The van der Waals surface area contributed by atoms with Gasteiger partial charge in [-0.15, -0.1) is 0 Å². The molecule has 0 bridgehead atoms. The number of alkyl halides is 2. The highest BCUT2D eigenvalue weighted by atomic mass is 79.9. The molecule has 0 amide bonds. The molecule has 0 heterocycles. The lowest BCUT2D eigenvalue weighted by Gasteiger charge is -2.02. The molecule has 1 aromatic rings. The normalized spacial score (nSPS) is 10.2. The Morgan fingerprint density at radius 1 is 1.36 bits per heavy atom. The molecule has 76 valence electrons. The summed E-state index contributed by atoms with van der Waals surface area (Å²) in [5.41, 5.74) is 1.01. The van der Waals surface area contributed by atoms with Crippen molar-refractivity contribution in [2.24, 2.45) is 0 Å². The summed E-state index contributed by atoms with van der Waals surface area (Å²) >= 11 is 6.34. The highest BCUT2D eigenvalue weighted by Crippen LogP contribution is 2.14. The van der Waals surface area contributed by atoms with Crippen molar-refractivity contribution in [2.45, 2.75) is 11.8 Å². The first kappa shape index (κ1) is 11.9. The topological polar surface area (TPSA) is 17.1 Å². The number of carbonyl (C=O) groups is 1. The molecule has 0 aliphatic heterocycles. The average Bonchev–Trinajstić information content (AvgIpc) is 2.18. The molecule has 1 aromatic carbocycles. The van der Waals surface area contributed by atoms with Crippen LogP contribution in [-0.2, 0) is 5.33 Å². The Bertz CT molecular complexity index is 339. The first-order valence-electron chi connectivity index (χ1n) is 4.12. The molecular formula is C10H9Br2FO. The van der Waals surface area contributed by atoms with E-state index in [9.17, 15) is 9.18 Å². The van der Waals surface area contributed by atoms with Gasteiger partial charge in [-0.05, 0) is 11.6 Å². The third kappa shape index (κ3) is 2.89. The first-order valence-corrected chi connectivity index (χ1v) is 6.37. The molecule has 14 heavy (non-hydrogen) atoms. The molecule has 0 saturated heterocycles. The second-order valence-corrected chi connectivity index (χ2v) is 4.16. The molecule has 0 N–H and O–H groups in total. The van der Waals surface area contributed by atoms with E-state index in [0.29, 0.717) is 28.2 Å². The zero-order valence-corrected chi connectivity index (χ0v) is 10.6. The third-order valence-corrected chi connectivity index (χ3v) is 2.84. The molecule has 0 unspecified atom stereocenters. The summed E-state index contributed by atoms with van der Waals surface area (Å²) in [6.45, 7) is 0. The zero-order chi connectivity index (χ0) is 10.6. The number of benzene rings is 1. The Kier molecular flexibility index (Phi) is 4.75. The third-order valence-electron chi connectivity index (χ3n) is 1.84. The van der Waals surface area contributed by atoms with E-state index in [4.69, 9.17) is 0 Å². The number of carbonyl (C=O) groups excluding carboxylic acids is 1. The van der Waals surface area contributed by atoms with E-state index in [1.54, 1.807) is 12.1 Å². The van der Waals surface area contributed by atoms with Crippen molar-refractivity contribution >= 4 is 37.6 Å². The molecule has 0 atom stereocenters. The quantitative estimate of drug-likeness (QED) is 0.610. The monoisotopic (exact) mass is 322 g/mol. The van der Waals surface area contributed by atoms with Crippen molar-refractivity contribution in [3.8, 4) is 0 Å². The van der Waals surface area contributed by atoms with Gasteiger partial charge in [0.2, 0.25) is 0 Å². The van der Waals surface area contributed by atoms with E-state index < -0.39 is 0 Å². The van der Waals surface area contributed by atoms with E-state index >= 15 is 0 Å². The Balaban J connectivity index is 2.91. The van der Waals surface area contributed by atoms with Gasteiger partial charge in [0.05, 0.1) is 0 Å². The second-order valence-electron chi connectivity index (χ2n) is 2.80. The maximum Gasteiger partial charge on any atom is 0.163 e. The molecule has 0 aliphatic rings. The molecule has 0 aliphatic carbocycles. The smallest absolute Gasteiger partial charge is 0.163 e. The van der Waals surface area contributed by atoms with Crippen LogP contribution in [0.5, 0.6) is 0 Å². The molecule has 1 nitrogen and oxygen atoms in total. The predicted molar refractivity (Wildman–Crippen MR) is 61.8 cm³/mol. The fourth-order valence-corrected chi connectivity index (χ4v) is 1.87. The van der Waals surface area contributed by atoms with Crippen molar-refractivity contribution in [1.82, 2.24) is 0 Å². The van der Waals surface area contributed by atoms with Crippen LogP contribution in [0.4, 0.5) is 4.39 Å². The lowest BCUT2D eigenvalue weighted by atomic mass is 10.1. The van der Waals surface area contributed by atoms with Gasteiger partial charge >= 0.3 is 0 Å². The largest absolute Gasteiger partial charge is 0.294 e. The zero-order valence-electron chi connectivity index (χ0n) is 7.40. The lowest BCUT2D eigenvalue weighted by molar-refractivity contribution is 0.0989. The molecular weight excluding hydrogens is 315 g/mol. The summed E-state index contributed by atoms with van der Waals surface area (Å²) < 4.78 is 13.3. The molecule has 4 heteroatoms. The lowest BCUT2D eigenvalue weighted by Crippen LogP contribution is -2.01. The van der Waals surface area contributed by atoms with Gasteiger partial charge in [-0.25, -0.2) is 4.39 Å². The Morgan fingerprint density at radius 2 is 2.07 bits per heavy atom. The van der Waals surface area contributed by atoms with Crippen molar-refractivity contribution in [3.63, 3.8) is 0 Å². The second kappa shape index (κ2) is 5.61. The Morgan fingerprint density at radius 3 is 2.57 bits per heavy atom. The van der Waals surface area contributed by atoms with Crippen LogP contribution in [0, 0.1) is 5.82 Å². The van der Waals surface area contributed by atoms with E-state index in [1.165, 1.54) is 6.07 Å². The van der Waals surface area contributed by atoms with E-state index in [-0.39, 0.29) is 11.6 Å². The van der Waals surface area contributed by atoms with Crippen molar-refractivity contribution in [3.05, 3.63) is 35.1 Å². The van der Waals surface area contributed by atoms with Gasteiger partial charge < -0.3 is 0 Å². The number of Topliss-reactive ketones (excluding diaryl/α,β-unsaturated/α-hetero) is 1. The Hall–Kier alpha value is -0.220. The predicted octanol–water partition coefficient (Wildman–Crippen LogP) is 3.69. The SMILES string of the molecule is O=C(CCBr)c1ccc(CBr)c(F)c1. The summed E-state index contributed by atoms with van der Waals surface area (Å²) in [4.78, 5) is 11.4. The summed E-state index contributed by atoms with van der Waals surface area (Å²) in [6, 6.07) is 4.58. The van der Waals surface area contributed by atoms with Gasteiger partial charge in [0, 0.05) is 22.6 Å². The number of rotatable bonds is 4. The van der Waals surface area contributed by atoms with Gasteiger partial charge in [-0.1, -0.05) is 44.0 Å². The van der Waals surface area contributed by atoms with Crippen LogP contribution in [-0.4, -0.2) is 11.1 Å². The van der Waals surface area contributed by atoms with Crippen LogP contribution in [0.15, 0.2) is 18.2 Å². The summed E-state index contributed by atoms with van der Waals surface area (Å²) in [6.07, 6.45) is 0.396. The fourth-order valence-electron chi connectivity index (χ4n) is 1.06. The summed E-state index contributed by atoms with van der Waals surface area (Å²) in [5, 5.41) is 1.07. The average molecular weight is 324 g/mol. The molecule has 0 aromatic heterocycles. The minimum absolute atomic E-state index is 0.0399. The fraction of sp³-hybridized carbons (Fsp3) is 0.300. The molecule has 0 saturated carbocycles. The molecule has 1 rings (SSSR count). The minimum atomic E-state index is -0.331. The Labute approximate surface area is 99.0 Å². The van der Waals surface area contributed by atoms with Crippen LogP contribution in [0.3, 0.4) is 0 Å². The standard InChI is InChI=1S/C10H9Br2FO/c11-4-3-10(14)7-1-2-8(6-12)9(13)5-7/h1-2,5H,3-4,6H2. The maximum absolute atomic E-state index is 13.3. The molecule has 0 radical (unpaired) electrons. The maximum atomic E-state index is 13.3. The van der Waals surface area contributed by atoms with E-state index in [0.717, 1.165) is 0 Å². The molecule has 0 fully saturated rings. The highest BCUT2D eigenvalue weighted by molar-refractivity contribution is 9.09. The van der Waals surface area contributed by atoms with Crippen LogP contribution >= 0.6 is 31.9 Å².